The third kappa shape index (κ3) is 3.07. The van der Waals surface area contributed by atoms with E-state index in [0.717, 1.165) is 5.52 Å². The predicted octanol–water partition coefficient (Wildman–Crippen LogP) is 0.800. The third-order valence-electron chi connectivity index (χ3n) is 3.34. The van der Waals surface area contributed by atoms with Crippen LogP contribution in [-0.4, -0.2) is 37.0 Å². The maximum absolute atomic E-state index is 10.7. The summed E-state index contributed by atoms with van der Waals surface area (Å²) in [7, 11) is -4.47. The second-order valence-electron chi connectivity index (χ2n) is 4.79. The maximum Gasteiger partial charge on any atom is 0.469 e. The number of ether oxygens (including phenoxy) is 1. The van der Waals surface area contributed by atoms with Crippen molar-refractivity contribution in [3.8, 4) is 0 Å². The molecule has 2 atom stereocenters. The molecule has 0 amide bonds. The SMILES string of the molecule is Nc1nccc2c1ncn2C1CCC(COP(=O)(O)O)O1. The first-order chi connectivity index (χ1) is 9.94. The molecule has 10 heteroatoms. The molecule has 0 saturated carbocycles. The molecule has 0 bridgehead atoms. The van der Waals surface area contributed by atoms with Crippen molar-refractivity contribution in [3.05, 3.63) is 18.6 Å². The molecule has 2 unspecified atom stereocenters. The van der Waals surface area contributed by atoms with Gasteiger partial charge in [0.25, 0.3) is 0 Å². The zero-order valence-electron chi connectivity index (χ0n) is 11.0. The molecule has 0 aromatic carbocycles. The molecule has 2 aromatic heterocycles. The zero-order chi connectivity index (χ0) is 15.0. The van der Waals surface area contributed by atoms with Gasteiger partial charge in [-0.2, -0.15) is 0 Å². The van der Waals surface area contributed by atoms with Gasteiger partial charge in [-0.1, -0.05) is 0 Å². The molecule has 1 saturated heterocycles. The van der Waals surface area contributed by atoms with Crippen molar-refractivity contribution >= 4 is 24.7 Å². The van der Waals surface area contributed by atoms with E-state index < -0.39 is 7.82 Å². The van der Waals surface area contributed by atoms with Crippen molar-refractivity contribution in [2.75, 3.05) is 12.3 Å². The molecule has 1 fully saturated rings. The van der Waals surface area contributed by atoms with Crippen LogP contribution in [0.5, 0.6) is 0 Å². The number of aromatic nitrogens is 3. The normalized spacial score (nSPS) is 23.0. The summed E-state index contributed by atoms with van der Waals surface area (Å²) >= 11 is 0. The summed E-state index contributed by atoms with van der Waals surface area (Å²) in [6, 6.07) is 1.79. The largest absolute Gasteiger partial charge is 0.469 e. The molecule has 3 rings (SSSR count). The number of phosphoric ester groups is 1. The standard InChI is InChI=1S/C11H15N4O5P/c12-11-10-8(3-4-13-11)15(6-14-10)9-2-1-7(20-9)5-19-21(16,17)18/h3-4,6-7,9H,1-2,5H2,(H2,12,13)(H2,16,17,18). The van der Waals surface area contributed by atoms with Gasteiger partial charge in [0.2, 0.25) is 0 Å². The Labute approximate surface area is 119 Å². The predicted molar refractivity (Wildman–Crippen MR) is 73.1 cm³/mol. The number of imidazole rings is 1. The van der Waals surface area contributed by atoms with E-state index in [-0.39, 0.29) is 18.9 Å². The van der Waals surface area contributed by atoms with Crippen LogP contribution in [0.4, 0.5) is 5.82 Å². The van der Waals surface area contributed by atoms with E-state index in [2.05, 4.69) is 14.5 Å². The van der Waals surface area contributed by atoms with E-state index in [1.54, 1.807) is 18.6 Å². The number of nitrogen functional groups attached to an aromatic ring is 1. The topological polar surface area (TPSA) is 133 Å². The summed E-state index contributed by atoms with van der Waals surface area (Å²) in [5.41, 5.74) is 7.17. The highest BCUT2D eigenvalue weighted by Gasteiger charge is 2.29. The number of nitrogens with two attached hydrogens (primary N) is 1. The Morgan fingerprint density at radius 2 is 2.29 bits per heavy atom. The smallest absolute Gasteiger partial charge is 0.382 e. The quantitative estimate of drug-likeness (QED) is 0.706. The number of nitrogens with zero attached hydrogens (tertiary/aromatic N) is 3. The second kappa shape index (κ2) is 5.36. The van der Waals surface area contributed by atoms with Gasteiger partial charge in [0.05, 0.1) is 24.6 Å². The second-order valence-corrected chi connectivity index (χ2v) is 6.03. The molecule has 3 heterocycles. The molecular weight excluding hydrogens is 299 g/mol. The molecule has 21 heavy (non-hydrogen) atoms. The van der Waals surface area contributed by atoms with Crippen LogP contribution in [0, 0.1) is 0 Å². The summed E-state index contributed by atoms with van der Waals surface area (Å²) in [6.07, 6.45) is 3.94. The van der Waals surface area contributed by atoms with Gasteiger partial charge in [-0.15, -0.1) is 0 Å². The van der Waals surface area contributed by atoms with Crippen LogP contribution >= 0.6 is 7.82 Å². The number of hydrogen-bond acceptors (Lipinski definition) is 6. The zero-order valence-corrected chi connectivity index (χ0v) is 11.9. The average molecular weight is 314 g/mol. The fourth-order valence-electron chi connectivity index (χ4n) is 2.41. The van der Waals surface area contributed by atoms with Gasteiger partial charge in [0.1, 0.15) is 11.7 Å². The molecule has 4 N–H and O–H groups in total. The number of rotatable bonds is 4. The fraction of sp³-hybridized carbons (Fsp3) is 0.455. The summed E-state index contributed by atoms with van der Waals surface area (Å²) in [6.45, 7) is -0.142. The first kappa shape index (κ1) is 14.4. The highest BCUT2D eigenvalue weighted by Crippen LogP contribution is 2.38. The minimum Gasteiger partial charge on any atom is -0.382 e. The molecule has 0 radical (unpaired) electrons. The minimum absolute atomic E-state index is 0.142. The first-order valence-electron chi connectivity index (χ1n) is 6.36. The summed E-state index contributed by atoms with van der Waals surface area (Å²) in [5.74, 6) is 0.352. The summed E-state index contributed by atoms with van der Waals surface area (Å²) in [5, 5.41) is 0. The molecule has 2 aromatic rings. The van der Waals surface area contributed by atoms with Crippen molar-refractivity contribution in [2.45, 2.75) is 25.2 Å². The Bertz CT molecular complexity index is 699. The van der Waals surface area contributed by atoms with E-state index in [1.807, 2.05) is 4.57 Å². The maximum atomic E-state index is 10.7. The summed E-state index contributed by atoms with van der Waals surface area (Å²) in [4.78, 5) is 25.6. The van der Waals surface area contributed by atoms with E-state index in [4.69, 9.17) is 20.3 Å². The lowest BCUT2D eigenvalue weighted by atomic mass is 10.2. The van der Waals surface area contributed by atoms with E-state index in [1.165, 1.54) is 0 Å². The van der Waals surface area contributed by atoms with E-state index >= 15 is 0 Å². The van der Waals surface area contributed by atoms with Crippen molar-refractivity contribution in [3.63, 3.8) is 0 Å². The number of pyridine rings is 1. The lowest BCUT2D eigenvalue weighted by Gasteiger charge is -2.16. The van der Waals surface area contributed by atoms with Crippen LogP contribution < -0.4 is 5.73 Å². The number of anilines is 1. The summed E-state index contributed by atoms with van der Waals surface area (Å²) < 4.78 is 22.7. The highest BCUT2D eigenvalue weighted by atomic mass is 31.2. The lowest BCUT2D eigenvalue weighted by Crippen LogP contribution is -2.15. The Morgan fingerprint density at radius 1 is 1.48 bits per heavy atom. The molecular formula is C11H15N4O5P. The van der Waals surface area contributed by atoms with Crippen LogP contribution in [0.3, 0.4) is 0 Å². The van der Waals surface area contributed by atoms with E-state index in [0.29, 0.717) is 24.2 Å². The van der Waals surface area contributed by atoms with Crippen LogP contribution in [0.2, 0.25) is 0 Å². The Morgan fingerprint density at radius 3 is 3.05 bits per heavy atom. The van der Waals surface area contributed by atoms with Gasteiger partial charge in [0, 0.05) is 6.20 Å². The Balaban J connectivity index is 1.73. The highest BCUT2D eigenvalue weighted by molar-refractivity contribution is 7.46. The van der Waals surface area contributed by atoms with Crippen LogP contribution in [0.25, 0.3) is 11.0 Å². The van der Waals surface area contributed by atoms with Crippen molar-refractivity contribution < 1.29 is 23.6 Å². The first-order valence-corrected chi connectivity index (χ1v) is 7.89. The van der Waals surface area contributed by atoms with Gasteiger partial charge in [-0.3, -0.25) is 4.52 Å². The van der Waals surface area contributed by atoms with Crippen LogP contribution in [0.15, 0.2) is 18.6 Å². The van der Waals surface area contributed by atoms with Crippen molar-refractivity contribution in [2.24, 2.45) is 0 Å². The van der Waals surface area contributed by atoms with Crippen LogP contribution in [-0.2, 0) is 13.8 Å². The third-order valence-corrected chi connectivity index (χ3v) is 3.83. The average Bonchev–Trinajstić information content (AvgIpc) is 3.02. The van der Waals surface area contributed by atoms with Gasteiger partial charge in [0.15, 0.2) is 5.82 Å². The molecule has 0 aliphatic carbocycles. The van der Waals surface area contributed by atoms with Gasteiger partial charge >= 0.3 is 7.82 Å². The van der Waals surface area contributed by atoms with Gasteiger partial charge in [-0.25, -0.2) is 14.5 Å². The number of phosphoric acid groups is 1. The van der Waals surface area contributed by atoms with Gasteiger partial charge < -0.3 is 24.8 Å². The molecule has 0 spiro atoms. The van der Waals surface area contributed by atoms with Crippen molar-refractivity contribution in [1.82, 2.24) is 14.5 Å². The number of fused-ring (bicyclic) bond motifs is 1. The minimum atomic E-state index is -4.47. The molecule has 9 nitrogen and oxygen atoms in total. The monoisotopic (exact) mass is 314 g/mol. The van der Waals surface area contributed by atoms with Crippen LogP contribution in [0.1, 0.15) is 19.1 Å². The Kier molecular flexibility index (Phi) is 3.68. The molecule has 114 valence electrons. The molecule has 1 aliphatic rings. The number of hydrogen-bond donors (Lipinski definition) is 3. The van der Waals surface area contributed by atoms with E-state index in [9.17, 15) is 4.57 Å². The van der Waals surface area contributed by atoms with Crippen molar-refractivity contribution in [1.29, 1.82) is 0 Å². The Hall–Kier alpha value is -1.51. The van der Waals surface area contributed by atoms with Gasteiger partial charge in [-0.05, 0) is 18.9 Å². The fourth-order valence-corrected chi connectivity index (χ4v) is 2.77. The lowest BCUT2D eigenvalue weighted by molar-refractivity contribution is -0.0203. The molecule has 1 aliphatic heterocycles.